The highest BCUT2D eigenvalue weighted by Gasteiger charge is 2.20. The Morgan fingerprint density at radius 2 is 1.92 bits per heavy atom. The van der Waals surface area contributed by atoms with E-state index in [-0.39, 0.29) is 12.0 Å². The molecule has 26 heavy (non-hydrogen) atoms. The van der Waals surface area contributed by atoms with Gasteiger partial charge in [0.1, 0.15) is 5.00 Å². The predicted octanol–water partition coefficient (Wildman–Crippen LogP) is 3.21. The van der Waals surface area contributed by atoms with Crippen molar-refractivity contribution in [2.45, 2.75) is 31.3 Å². The van der Waals surface area contributed by atoms with Crippen LogP contribution in [-0.4, -0.2) is 29.6 Å². The molecule has 0 spiro atoms. The monoisotopic (exact) mass is 392 g/mol. The summed E-state index contributed by atoms with van der Waals surface area (Å²) >= 11 is 2.73. The number of benzene rings is 1. The maximum Gasteiger partial charge on any atom is 0.307 e. The van der Waals surface area contributed by atoms with Gasteiger partial charge in [0.25, 0.3) is 11.8 Å². The minimum atomic E-state index is -0.963. The number of aryl methyl sites for hydroxylation is 1. The van der Waals surface area contributed by atoms with Crippen molar-refractivity contribution in [2.24, 2.45) is 5.73 Å². The van der Waals surface area contributed by atoms with Crippen LogP contribution in [0.15, 0.2) is 40.6 Å². The van der Waals surface area contributed by atoms with Gasteiger partial charge in [0.05, 0.1) is 12.0 Å². The van der Waals surface area contributed by atoms with Crippen molar-refractivity contribution in [3.8, 4) is 0 Å². The smallest absolute Gasteiger partial charge is 0.307 e. The number of carbonyl (C=O) groups is 3. The molecule has 0 aliphatic heterocycles. The van der Waals surface area contributed by atoms with Gasteiger partial charge in [-0.1, -0.05) is 17.7 Å². The molecule has 1 heterocycles. The van der Waals surface area contributed by atoms with Gasteiger partial charge in [0, 0.05) is 10.6 Å². The average molecular weight is 393 g/mol. The number of thioether (sulfide) groups is 1. The van der Waals surface area contributed by atoms with Crippen molar-refractivity contribution in [2.75, 3.05) is 11.1 Å². The molecule has 0 bridgehead atoms. The number of esters is 1. The Bertz CT molecular complexity index is 787. The van der Waals surface area contributed by atoms with Crippen LogP contribution in [0.4, 0.5) is 5.00 Å². The van der Waals surface area contributed by atoms with E-state index in [2.05, 4.69) is 5.32 Å². The summed E-state index contributed by atoms with van der Waals surface area (Å²) in [5.74, 6) is -1.02. The number of hydrogen-bond acceptors (Lipinski definition) is 6. The second-order valence-corrected chi connectivity index (χ2v) is 7.64. The average Bonchev–Trinajstić information content (AvgIpc) is 3.05. The van der Waals surface area contributed by atoms with Gasteiger partial charge < -0.3 is 15.8 Å². The van der Waals surface area contributed by atoms with Crippen LogP contribution >= 0.6 is 23.1 Å². The third-order valence-electron chi connectivity index (χ3n) is 3.44. The van der Waals surface area contributed by atoms with E-state index in [1.165, 1.54) is 29.9 Å². The van der Waals surface area contributed by atoms with Gasteiger partial charge in [-0.3, -0.25) is 14.4 Å². The lowest BCUT2D eigenvalue weighted by molar-refractivity contribution is -0.152. The SMILES string of the molecule is Cc1ccc(SCCC(=O)OC(C)C(=O)Nc2sccc2C(N)=O)cc1. The summed E-state index contributed by atoms with van der Waals surface area (Å²) in [6.07, 6.45) is -0.767. The first-order valence-electron chi connectivity index (χ1n) is 7.94. The second-order valence-electron chi connectivity index (χ2n) is 5.56. The van der Waals surface area contributed by atoms with Crippen LogP contribution in [0.2, 0.25) is 0 Å². The first-order chi connectivity index (χ1) is 12.4. The molecule has 0 aliphatic rings. The molecule has 0 saturated heterocycles. The minimum absolute atomic E-state index is 0.196. The maximum absolute atomic E-state index is 12.1. The molecule has 2 rings (SSSR count). The fourth-order valence-electron chi connectivity index (χ4n) is 2.01. The first-order valence-corrected chi connectivity index (χ1v) is 9.80. The Balaban J connectivity index is 1.77. The van der Waals surface area contributed by atoms with Gasteiger partial charge in [-0.05, 0) is 37.4 Å². The lowest BCUT2D eigenvalue weighted by atomic mass is 10.2. The highest BCUT2D eigenvalue weighted by Crippen LogP contribution is 2.23. The van der Waals surface area contributed by atoms with Crippen molar-refractivity contribution in [3.63, 3.8) is 0 Å². The van der Waals surface area contributed by atoms with E-state index in [4.69, 9.17) is 10.5 Å². The fraction of sp³-hybridized carbons (Fsp3) is 0.278. The van der Waals surface area contributed by atoms with Crippen molar-refractivity contribution in [1.29, 1.82) is 0 Å². The quantitative estimate of drug-likeness (QED) is 0.531. The number of ether oxygens (including phenoxy) is 1. The third kappa shape index (κ3) is 5.89. The summed E-state index contributed by atoms with van der Waals surface area (Å²) in [4.78, 5) is 36.3. The molecule has 1 atom stereocenters. The standard InChI is InChI=1S/C18H20N2O4S2/c1-11-3-5-13(6-4-11)25-10-8-15(21)24-12(2)17(23)20-18-14(16(19)22)7-9-26-18/h3-7,9,12H,8,10H2,1-2H3,(H2,19,22)(H,20,23). The summed E-state index contributed by atoms with van der Waals surface area (Å²) in [6, 6.07) is 9.55. The van der Waals surface area contributed by atoms with Crippen LogP contribution < -0.4 is 11.1 Å². The van der Waals surface area contributed by atoms with Crippen LogP contribution in [0.25, 0.3) is 0 Å². The van der Waals surface area contributed by atoms with Crippen molar-refractivity contribution in [1.82, 2.24) is 0 Å². The maximum atomic E-state index is 12.1. The number of amides is 2. The normalized spacial score (nSPS) is 11.6. The molecule has 2 aromatic rings. The molecular weight excluding hydrogens is 372 g/mol. The van der Waals surface area contributed by atoms with E-state index in [1.54, 1.807) is 17.1 Å². The number of anilines is 1. The topological polar surface area (TPSA) is 98.5 Å². The highest BCUT2D eigenvalue weighted by molar-refractivity contribution is 7.99. The van der Waals surface area contributed by atoms with Gasteiger partial charge in [0.2, 0.25) is 0 Å². The predicted molar refractivity (Wildman–Crippen MR) is 104 cm³/mol. The van der Waals surface area contributed by atoms with Crippen LogP contribution in [-0.2, 0) is 14.3 Å². The number of rotatable bonds is 8. The van der Waals surface area contributed by atoms with E-state index < -0.39 is 23.9 Å². The van der Waals surface area contributed by atoms with Crippen LogP contribution in [0.3, 0.4) is 0 Å². The lowest BCUT2D eigenvalue weighted by Gasteiger charge is -2.13. The molecule has 3 N–H and O–H groups in total. The minimum Gasteiger partial charge on any atom is -0.453 e. The summed E-state index contributed by atoms with van der Waals surface area (Å²) < 4.78 is 5.14. The van der Waals surface area contributed by atoms with E-state index in [0.29, 0.717) is 10.8 Å². The second kappa shape index (κ2) is 9.40. The number of thiophene rings is 1. The van der Waals surface area contributed by atoms with Gasteiger partial charge in [-0.25, -0.2) is 0 Å². The summed E-state index contributed by atoms with van der Waals surface area (Å²) in [6.45, 7) is 3.50. The third-order valence-corrected chi connectivity index (χ3v) is 5.28. The van der Waals surface area contributed by atoms with Crippen molar-refractivity contribution >= 4 is 45.9 Å². The van der Waals surface area contributed by atoms with E-state index >= 15 is 0 Å². The summed E-state index contributed by atoms with van der Waals surface area (Å²) in [5.41, 5.74) is 6.64. The zero-order valence-electron chi connectivity index (χ0n) is 14.5. The van der Waals surface area contributed by atoms with Crippen LogP contribution in [0.5, 0.6) is 0 Å². The van der Waals surface area contributed by atoms with Gasteiger partial charge >= 0.3 is 5.97 Å². The number of carbonyl (C=O) groups excluding carboxylic acids is 3. The molecule has 1 aromatic heterocycles. The van der Waals surface area contributed by atoms with Crippen LogP contribution in [0.1, 0.15) is 29.3 Å². The summed E-state index contributed by atoms with van der Waals surface area (Å²) in [5, 5.41) is 4.56. The van der Waals surface area contributed by atoms with Crippen molar-refractivity contribution < 1.29 is 19.1 Å². The first kappa shape index (κ1) is 20.0. The molecule has 138 valence electrons. The Labute approximate surface area is 160 Å². The Hall–Kier alpha value is -2.32. The molecule has 6 nitrogen and oxygen atoms in total. The highest BCUT2D eigenvalue weighted by atomic mass is 32.2. The molecule has 8 heteroatoms. The molecule has 0 fully saturated rings. The van der Waals surface area contributed by atoms with Gasteiger partial charge in [-0.2, -0.15) is 0 Å². The lowest BCUT2D eigenvalue weighted by Crippen LogP contribution is -2.30. The Morgan fingerprint density at radius 3 is 2.58 bits per heavy atom. The van der Waals surface area contributed by atoms with E-state index in [1.807, 2.05) is 31.2 Å². The molecular formula is C18H20N2O4S2. The number of nitrogens with two attached hydrogens (primary N) is 1. The zero-order valence-corrected chi connectivity index (χ0v) is 16.1. The number of nitrogens with one attached hydrogen (secondary N) is 1. The van der Waals surface area contributed by atoms with Crippen LogP contribution in [0, 0.1) is 6.92 Å². The zero-order chi connectivity index (χ0) is 19.1. The molecule has 2 amide bonds. The van der Waals surface area contributed by atoms with Crippen molar-refractivity contribution in [3.05, 3.63) is 46.8 Å². The molecule has 1 unspecified atom stereocenters. The van der Waals surface area contributed by atoms with E-state index in [0.717, 1.165) is 4.90 Å². The Kier molecular flexibility index (Phi) is 7.23. The van der Waals surface area contributed by atoms with Gasteiger partial charge in [0.15, 0.2) is 6.10 Å². The van der Waals surface area contributed by atoms with E-state index in [9.17, 15) is 14.4 Å². The fourth-order valence-corrected chi connectivity index (χ4v) is 3.64. The number of hydrogen-bond donors (Lipinski definition) is 2. The Morgan fingerprint density at radius 1 is 1.23 bits per heavy atom. The summed E-state index contributed by atoms with van der Waals surface area (Å²) in [7, 11) is 0. The molecule has 1 aromatic carbocycles. The largest absolute Gasteiger partial charge is 0.453 e. The molecule has 0 radical (unpaired) electrons. The number of primary amides is 1. The molecule has 0 saturated carbocycles. The molecule has 0 aliphatic carbocycles. The van der Waals surface area contributed by atoms with Gasteiger partial charge in [-0.15, -0.1) is 23.1 Å².